The molecule has 1 N–H and O–H groups in total. The summed E-state index contributed by atoms with van der Waals surface area (Å²) >= 11 is 12.3. The number of halogens is 2. The van der Waals surface area contributed by atoms with Crippen LogP contribution in [0.5, 0.6) is 0 Å². The molecular formula is C14H17Cl2N3O2. The van der Waals surface area contributed by atoms with Gasteiger partial charge in [0.1, 0.15) is 6.61 Å². The molecule has 2 aromatic rings. The fraction of sp³-hybridized carbons (Fsp3) is 0.429. The maximum Gasteiger partial charge on any atom is 0.155 e. The minimum Gasteiger partial charge on any atom is -0.396 e. The zero-order valence-electron chi connectivity index (χ0n) is 11.7. The molecular weight excluding hydrogens is 313 g/mol. The summed E-state index contributed by atoms with van der Waals surface area (Å²) in [5.41, 5.74) is 0.809. The number of methoxy groups -OCH3 is 1. The van der Waals surface area contributed by atoms with E-state index < -0.39 is 0 Å². The zero-order chi connectivity index (χ0) is 15.2. The highest BCUT2D eigenvalue weighted by molar-refractivity contribution is 6.36. The van der Waals surface area contributed by atoms with Gasteiger partial charge in [0.25, 0.3) is 0 Å². The van der Waals surface area contributed by atoms with Gasteiger partial charge in [-0.15, -0.1) is 0 Å². The van der Waals surface area contributed by atoms with E-state index in [-0.39, 0.29) is 6.61 Å². The summed E-state index contributed by atoms with van der Waals surface area (Å²) in [6.45, 7) is 1.07. The van der Waals surface area contributed by atoms with Crippen molar-refractivity contribution in [2.24, 2.45) is 0 Å². The Bertz CT molecular complexity index is 582. The minimum absolute atomic E-state index is 0.109. The molecule has 1 aromatic heterocycles. The number of hydrogen-bond acceptors (Lipinski definition) is 4. The van der Waals surface area contributed by atoms with Crippen LogP contribution in [0, 0.1) is 0 Å². The third-order valence-electron chi connectivity index (χ3n) is 2.99. The standard InChI is InChI=1S/C14H17Cl2N3O2/c1-21-9-14-17-13(18-19(14)6-3-7-20)8-10-11(15)4-2-5-12(10)16/h2,4-5,20H,3,6-9H2,1H3. The molecule has 7 heteroatoms. The van der Waals surface area contributed by atoms with Gasteiger partial charge in [0.2, 0.25) is 0 Å². The van der Waals surface area contributed by atoms with Crippen LogP contribution in [-0.4, -0.2) is 33.6 Å². The third-order valence-corrected chi connectivity index (χ3v) is 3.70. The van der Waals surface area contributed by atoms with Crippen molar-refractivity contribution in [3.8, 4) is 0 Å². The van der Waals surface area contributed by atoms with Gasteiger partial charge in [-0.2, -0.15) is 5.10 Å². The van der Waals surface area contributed by atoms with E-state index in [0.29, 0.717) is 41.9 Å². The Morgan fingerprint density at radius 3 is 2.62 bits per heavy atom. The van der Waals surface area contributed by atoms with Crippen molar-refractivity contribution in [1.82, 2.24) is 14.8 Å². The van der Waals surface area contributed by atoms with E-state index in [1.54, 1.807) is 30.0 Å². The fourth-order valence-electron chi connectivity index (χ4n) is 2.00. The molecule has 5 nitrogen and oxygen atoms in total. The average Bonchev–Trinajstić information content (AvgIpc) is 2.83. The molecule has 0 fully saturated rings. The quantitative estimate of drug-likeness (QED) is 0.848. The van der Waals surface area contributed by atoms with Crippen LogP contribution in [0.2, 0.25) is 10.0 Å². The summed E-state index contributed by atoms with van der Waals surface area (Å²) in [5, 5.41) is 14.6. The van der Waals surface area contributed by atoms with Crippen LogP contribution in [0.4, 0.5) is 0 Å². The molecule has 1 heterocycles. The van der Waals surface area contributed by atoms with Crippen molar-refractivity contribution in [1.29, 1.82) is 0 Å². The third kappa shape index (κ3) is 4.17. The average molecular weight is 330 g/mol. The van der Waals surface area contributed by atoms with Gasteiger partial charge in [0.05, 0.1) is 0 Å². The van der Waals surface area contributed by atoms with E-state index in [9.17, 15) is 0 Å². The molecule has 0 aliphatic rings. The van der Waals surface area contributed by atoms with Gasteiger partial charge < -0.3 is 9.84 Å². The molecule has 0 amide bonds. The predicted octanol–water partition coefficient (Wildman–Crippen LogP) is 2.70. The number of aromatic nitrogens is 3. The van der Waals surface area contributed by atoms with Crippen LogP contribution in [0.1, 0.15) is 23.6 Å². The van der Waals surface area contributed by atoms with Crippen LogP contribution in [0.25, 0.3) is 0 Å². The highest BCUT2D eigenvalue weighted by atomic mass is 35.5. The largest absolute Gasteiger partial charge is 0.396 e. The smallest absolute Gasteiger partial charge is 0.155 e. The Hall–Kier alpha value is -1.14. The van der Waals surface area contributed by atoms with Gasteiger partial charge in [-0.25, -0.2) is 9.67 Å². The topological polar surface area (TPSA) is 60.2 Å². The number of ether oxygens (including phenoxy) is 1. The van der Waals surface area contributed by atoms with E-state index >= 15 is 0 Å². The van der Waals surface area contributed by atoms with Crippen LogP contribution in [-0.2, 0) is 24.3 Å². The monoisotopic (exact) mass is 329 g/mol. The number of hydrogen-bond donors (Lipinski definition) is 1. The number of aliphatic hydroxyl groups excluding tert-OH is 1. The lowest BCUT2D eigenvalue weighted by Crippen LogP contribution is -2.08. The van der Waals surface area contributed by atoms with Gasteiger partial charge >= 0.3 is 0 Å². The van der Waals surface area contributed by atoms with E-state index in [2.05, 4.69) is 10.1 Å². The van der Waals surface area contributed by atoms with Crippen molar-refractivity contribution in [2.45, 2.75) is 26.0 Å². The normalized spacial score (nSPS) is 11.0. The molecule has 21 heavy (non-hydrogen) atoms. The molecule has 0 spiro atoms. The number of nitrogens with zero attached hydrogens (tertiary/aromatic N) is 3. The Kier molecular flexibility index (Phi) is 5.99. The first-order chi connectivity index (χ1) is 10.2. The Morgan fingerprint density at radius 1 is 1.29 bits per heavy atom. The second-order valence-electron chi connectivity index (χ2n) is 4.55. The van der Waals surface area contributed by atoms with E-state index in [1.165, 1.54) is 0 Å². The van der Waals surface area contributed by atoms with Crippen molar-refractivity contribution in [2.75, 3.05) is 13.7 Å². The number of benzene rings is 1. The van der Waals surface area contributed by atoms with E-state index in [1.807, 2.05) is 0 Å². The summed E-state index contributed by atoms with van der Waals surface area (Å²) in [4.78, 5) is 4.46. The van der Waals surface area contributed by atoms with Crippen molar-refractivity contribution < 1.29 is 9.84 Å². The van der Waals surface area contributed by atoms with Crippen LogP contribution in [0.15, 0.2) is 18.2 Å². The van der Waals surface area contributed by atoms with Gasteiger partial charge in [-0.3, -0.25) is 0 Å². The molecule has 1 aromatic carbocycles. The van der Waals surface area contributed by atoms with Crippen molar-refractivity contribution in [3.63, 3.8) is 0 Å². The van der Waals surface area contributed by atoms with Crippen molar-refractivity contribution >= 4 is 23.2 Å². The summed E-state index contributed by atoms with van der Waals surface area (Å²) in [7, 11) is 1.61. The van der Waals surface area contributed by atoms with E-state index in [4.69, 9.17) is 33.0 Å². The molecule has 0 saturated heterocycles. The lowest BCUT2D eigenvalue weighted by atomic mass is 10.1. The lowest BCUT2D eigenvalue weighted by molar-refractivity contribution is 0.171. The highest BCUT2D eigenvalue weighted by Crippen LogP contribution is 2.26. The SMILES string of the molecule is COCc1nc(Cc2c(Cl)cccc2Cl)nn1CCCO. The molecule has 0 saturated carbocycles. The second-order valence-corrected chi connectivity index (χ2v) is 5.37. The highest BCUT2D eigenvalue weighted by Gasteiger charge is 2.13. The predicted molar refractivity (Wildman–Crippen MR) is 81.7 cm³/mol. The van der Waals surface area contributed by atoms with Gasteiger partial charge in [-0.1, -0.05) is 29.3 Å². The van der Waals surface area contributed by atoms with Crippen molar-refractivity contribution in [3.05, 3.63) is 45.5 Å². The second kappa shape index (κ2) is 7.75. The van der Waals surface area contributed by atoms with Gasteiger partial charge in [0, 0.05) is 36.7 Å². The molecule has 0 bridgehead atoms. The molecule has 0 atom stereocenters. The number of aliphatic hydroxyl groups is 1. The first kappa shape index (κ1) is 16.2. The van der Waals surface area contributed by atoms with Crippen LogP contribution < -0.4 is 0 Å². The molecule has 0 radical (unpaired) electrons. The van der Waals surface area contributed by atoms with Crippen LogP contribution >= 0.6 is 23.2 Å². The molecule has 2 rings (SSSR count). The number of rotatable bonds is 7. The summed E-state index contributed by atoms with van der Waals surface area (Å²) in [6.07, 6.45) is 1.08. The first-order valence-electron chi connectivity index (χ1n) is 6.61. The summed E-state index contributed by atoms with van der Waals surface area (Å²) in [6, 6.07) is 5.39. The Balaban J connectivity index is 2.23. The molecule has 0 unspecified atom stereocenters. The fourth-order valence-corrected chi connectivity index (χ4v) is 2.53. The summed E-state index contributed by atoms with van der Waals surface area (Å²) in [5.74, 6) is 1.36. The number of aryl methyl sites for hydroxylation is 1. The van der Waals surface area contributed by atoms with E-state index in [0.717, 1.165) is 11.4 Å². The van der Waals surface area contributed by atoms with Crippen LogP contribution in [0.3, 0.4) is 0 Å². The zero-order valence-corrected chi connectivity index (χ0v) is 13.2. The Labute approximate surface area is 133 Å². The molecule has 0 aliphatic carbocycles. The maximum absolute atomic E-state index is 8.94. The maximum atomic E-state index is 8.94. The van der Waals surface area contributed by atoms with Gasteiger partial charge in [0.15, 0.2) is 11.6 Å². The Morgan fingerprint density at radius 2 is 2.00 bits per heavy atom. The minimum atomic E-state index is 0.109. The molecule has 0 aliphatic heterocycles. The first-order valence-corrected chi connectivity index (χ1v) is 7.36. The van der Waals surface area contributed by atoms with Gasteiger partial charge in [-0.05, 0) is 24.1 Å². The lowest BCUT2D eigenvalue weighted by Gasteiger charge is -2.04. The summed E-state index contributed by atoms with van der Waals surface area (Å²) < 4.78 is 6.87. The molecule has 114 valence electrons.